The molecule has 0 saturated heterocycles. The minimum Gasteiger partial charge on any atom is -0.441 e. The Labute approximate surface area is 437 Å². The fourth-order valence-corrected chi connectivity index (χ4v) is 12.2. The number of thiazole rings is 2. The van der Waals surface area contributed by atoms with E-state index in [0.29, 0.717) is 11.8 Å². The van der Waals surface area contributed by atoms with Gasteiger partial charge in [0.15, 0.2) is 28.8 Å². The molecule has 6 aromatic heterocycles. The number of fused-ring (bicyclic) bond motifs is 17. The van der Waals surface area contributed by atoms with Crippen molar-refractivity contribution in [3.8, 4) is 0 Å². The number of amidine groups is 1. The van der Waals surface area contributed by atoms with Crippen LogP contribution in [0.2, 0.25) is 0 Å². The summed E-state index contributed by atoms with van der Waals surface area (Å²) >= 11 is 3.49. The Bertz CT molecular complexity index is 4450. The molecular formula is C61H48N10O2S2. The number of aryl methyl sites for hydroxylation is 6. The van der Waals surface area contributed by atoms with Crippen LogP contribution in [0.4, 0.5) is 11.5 Å². The SMILES string of the molecule is CC1=NC(=Nc2[nH]c(C)c3ccccc23)c2ccccc21.CC1=Nc2c(ccc3ccc4[nH]c(C)nc4c23)C1.Cc1nc2c(ccc3ccc4oc(C)nc4c32)o1.Cc1nc2c(ccc3ccc4sc(C)nc4c32)s1. The number of nitrogens with one attached hydrogen (secondary N) is 2. The van der Waals surface area contributed by atoms with Crippen LogP contribution in [0, 0.1) is 41.5 Å². The third kappa shape index (κ3) is 8.13. The number of aliphatic imine (C=N–C) groups is 3. The molecule has 0 unspecified atom stereocenters. The van der Waals surface area contributed by atoms with Gasteiger partial charge in [0.25, 0.3) is 0 Å². The van der Waals surface area contributed by atoms with E-state index in [4.69, 9.17) is 18.8 Å². The number of aromatic amines is 2. The van der Waals surface area contributed by atoms with Crippen LogP contribution in [0.15, 0.2) is 145 Å². The molecule has 14 heteroatoms. The first-order valence-corrected chi connectivity index (χ1v) is 26.4. The van der Waals surface area contributed by atoms with Gasteiger partial charge in [-0.25, -0.2) is 34.9 Å². The highest BCUT2D eigenvalue weighted by Gasteiger charge is 2.20. The van der Waals surface area contributed by atoms with Gasteiger partial charge in [-0.3, -0.25) is 4.99 Å². The number of rotatable bonds is 1. The summed E-state index contributed by atoms with van der Waals surface area (Å²) in [4.78, 5) is 43.6. The zero-order valence-corrected chi connectivity index (χ0v) is 44.1. The minimum atomic E-state index is 0.662. The van der Waals surface area contributed by atoms with Crippen molar-refractivity contribution in [2.24, 2.45) is 15.0 Å². The van der Waals surface area contributed by atoms with Crippen LogP contribution in [0.5, 0.6) is 0 Å². The number of aromatic nitrogens is 7. The molecule has 0 radical (unpaired) electrons. The largest absolute Gasteiger partial charge is 0.441 e. The zero-order valence-electron chi connectivity index (χ0n) is 42.5. The van der Waals surface area contributed by atoms with Crippen LogP contribution in [-0.2, 0) is 6.42 Å². The van der Waals surface area contributed by atoms with Gasteiger partial charge < -0.3 is 18.8 Å². The third-order valence-electron chi connectivity index (χ3n) is 13.7. The van der Waals surface area contributed by atoms with Crippen molar-refractivity contribution in [3.05, 3.63) is 171 Å². The normalized spacial score (nSPS) is 13.5. The maximum Gasteiger partial charge on any atom is 0.192 e. The zero-order chi connectivity index (χ0) is 51.2. The van der Waals surface area contributed by atoms with Crippen LogP contribution in [0.25, 0.3) is 96.8 Å². The molecule has 14 aromatic rings. The lowest BCUT2D eigenvalue weighted by Gasteiger charge is -2.04. The van der Waals surface area contributed by atoms with Crippen molar-refractivity contribution >= 4 is 148 Å². The van der Waals surface area contributed by atoms with Gasteiger partial charge in [-0.1, -0.05) is 91.0 Å². The van der Waals surface area contributed by atoms with Crippen LogP contribution in [0.3, 0.4) is 0 Å². The second kappa shape index (κ2) is 18.0. The smallest absolute Gasteiger partial charge is 0.192 e. The van der Waals surface area contributed by atoms with Gasteiger partial charge in [-0.15, -0.1) is 22.7 Å². The van der Waals surface area contributed by atoms with Crippen molar-refractivity contribution in [3.63, 3.8) is 0 Å². The Morgan fingerprint density at radius 3 is 1.72 bits per heavy atom. The molecule has 16 rings (SSSR count). The van der Waals surface area contributed by atoms with E-state index in [9.17, 15) is 0 Å². The summed E-state index contributed by atoms with van der Waals surface area (Å²) in [6, 6.07) is 41.7. The molecule has 2 aliphatic heterocycles. The summed E-state index contributed by atoms with van der Waals surface area (Å²) in [6.07, 6.45) is 0.963. The standard InChI is InChI=1S/C18H15N3.C15H13N3.C14H10N2O2.C14H10N2S2/c1-11-13-7-3-5-9-15(13)17(19-11)21-18-16-10-6-4-8-14(16)12(2)20-18;1-8-7-11-4-3-10-5-6-12-15(18-9(2)17-12)13(10)14(11)16-8;2*1-7-15-13-10(17-7)5-3-9-4-6-11-14(12(9)13)16-8(2)18-11/h3-10,19H,1-2H3;3-6H,7H2,1-2H3,(H,17,18);2*3-6H,1-2H3. The van der Waals surface area contributed by atoms with Gasteiger partial charge in [0, 0.05) is 75.4 Å². The van der Waals surface area contributed by atoms with Crippen molar-refractivity contribution in [2.45, 2.75) is 61.8 Å². The Morgan fingerprint density at radius 1 is 0.493 bits per heavy atom. The molecule has 2 aliphatic rings. The van der Waals surface area contributed by atoms with Crippen molar-refractivity contribution in [2.75, 3.05) is 0 Å². The first-order chi connectivity index (χ1) is 36.4. The first kappa shape index (κ1) is 46.1. The molecule has 366 valence electrons. The molecule has 0 bridgehead atoms. The predicted molar refractivity (Wildman–Crippen MR) is 311 cm³/mol. The first-order valence-electron chi connectivity index (χ1n) is 24.8. The maximum atomic E-state index is 5.56. The van der Waals surface area contributed by atoms with E-state index in [1.54, 1.807) is 22.7 Å². The maximum absolute atomic E-state index is 5.56. The number of nitrogens with zero attached hydrogens (tertiary/aromatic N) is 8. The number of imidazole rings is 1. The third-order valence-corrected chi connectivity index (χ3v) is 15.6. The summed E-state index contributed by atoms with van der Waals surface area (Å²) in [5.41, 5.74) is 15.7. The fourth-order valence-electron chi connectivity index (χ4n) is 10.5. The van der Waals surface area contributed by atoms with Crippen LogP contribution in [0.1, 0.15) is 63.9 Å². The summed E-state index contributed by atoms with van der Waals surface area (Å²) in [5, 5.41) is 11.5. The van der Waals surface area contributed by atoms with Crippen molar-refractivity contribution in [1.29, 1.82) is 0 Å². The van der Waals surface area contributed by atoms with E-state index >= 15 is 0 Å². The molecule has 2 N–H and O–H groups in total. The lowest BCUT2D eigenvalue weighted by Crippen LogP contribution is -1.93. The van der Waals surface area contributed by atoms with E-state index < -0.39 is 0 Å². The number of oxazole rings is 2. The molecule has 0 atom stereocenters. The Kier molecular flexibility index (Phi) is 11.1. The second-order valence-electron chi connectivity index (χ2n) is 19.1. The fraction of sp³-hybridized carbons (Fsp3) is 0.148. The van der Waals surface area contributed by atoms with E-state index in [1.807, 2.05) is 76.2 Å². The van der Waals surface area contributed by atoms with Gasteiger partial charge >= 0.3 is 0 Å². The molecule has 0 aliphatic carbocycles. The minimum absolute atomic E-state index is 0.662. The quantitative estimate of drug-likeness (QED) is 0.166. The van der Waals surface area contributed by atoms with Gasteiger partial charge in [0.1, 0.15) is 22.7 Å². The van der Waals surface area contributed by atoms with Gasteiger partial charge in [0.05, 0.1) is 47.2 Å². The molecule has 8 heterocycles. The summed E-state index contributed by atoms with van der Waals surface area (Å²) in [7, 11) is 0. The number of hydrogen-bond acceptors (Lipinski definition) is 11. The van der Waals surface area contributed by atoms with Crippen molar-refractivity contribution in [1.82, 2.24) is 34.9 Å². The number of H-pyrrole nitrogens is 2. The molecule has 0 spiro atoms. The molecule has 0 fully saturated rings. The second-order valence-corrected chi connectivity index (χ2v) is 21.5. The average Bonchev–Trinajstić information content (AvgIpc) is 4.31. The number of hydrogen-bond donors (Lipinski definition) is 2. The van der Waals surface area contributed by atoms with Gasteiger partial charge in [0.2, 0.25) is 0 Å². The van der Waals surface area contributed by atoms with E-state index in [1.165, 1.54) is 53.2 Å². The average molecular weight is 1020 g/mol. The van der Waals surface area contributed by atoms with Crippen molar-refractivity contribution < 1.29 is 8.83 Å². The van der Waals surface area contributed by atoms with E-state index in [2.05, 4.69) is 140 Å². The molecule has 75 heavy (non-hydrogen) atoms. The Morgan fingerprint density at radius 2 is 1.05 bits per heavy atom. The van der Waals surface area contributed by atoms with E-state index in [-0.39, 0.29) is 0 Å². The molecule has 12 nitrogen and oxygen atoms in total. The predicted octanol–water partition coefficient (Wildman–Crippen LogP) is 16.5. The highest BCUT2D eigenvalue weighted by Crippen LogP contribution is 2.40. The summed E-state index contributed by atoms with van der Waals surface area (Å²) < 4.78 is 13.6. The monoisotopic (exact) mass is 1020 g/mol. The topological polar surface area (TPSA) is 159 Å². The highest BCUT2D eigenvalue weighted by molar-refractivity contribution is 7.19. The summed E-state index contributed by atoms with van der Waals surface area (Å²) in [6.45, 7) is 16.0. The number of benzene rings is 8. The van der Waals surface area contributed by atoms with Crippen LogP contribution < -0.4 is 0 Å². The lowest BCUT2D eigenvalue weighted by atomic mass is 10.0. The summed E-state index contributed by atoms with van der Waals surface area (Å²) in [5.74, 6) is 3.94. The van der Waals surface area contributed by atoms with Gasteiger partial charge in [-0.2, -0.15) is 0 Å². The van der Waals surface area contributed by atoms with E-state index in [0.717, 1.165) is 117 Å². The van der Waals surface area contributed by atoms with Crippen LogP contribution in [-0.4, -0.2) is 52.1 Å². The molecular weight excluding hydrogens is 969 g/mol. The Balaban J connectivity index is 0.0000000963. The van der Waals surface area contributed by atoms with Crippen LogP contribution >= 0.6 is 22.7 Å². The molecule has 8 aromatic carbocycles. The van der Waals surface area contributed by atoms with Gasteiger partial charge in [-0.05, 0) is 93.6 Å². The molecule has 0 saturated carbocycles. The Hall–Kier alpha value is -8.72. The molecule has 0 amide bonds. The highest BCUT2D eigenvalue weighted by atomic mass is 32.1. The lowest BCUT2D eigenvalue weighted by molar-refractivity contribution is 0.560.